The Labute approximate surface area is 129 Å². The van der Waals surface area contributed by atoms with Crippen LogP contribution >= 0.6 is 11.6 Å². The first-order chi connectivity index (χ1) is 9.92. The second-order valence-electron chi connectivity index (χ2n) is 5.08. The van der Waals surface area contributed by atoms with E-state index in [4.69, 9.17) is 16.3 Å². The van der Waals surface area contributed by atoms with Crippen molar-refractivity contribution >= 4 is 23.2 Å². The molecule has 0 heterocycles. The van der Waals surface area contributed by atoms with Crippen LogP contribution in [-0.2, 0) is 0 Å². The average molecular weight is 304 g/mol. The van der Waals surface area contributed by atoms with Gasteiger partial charge in [0.1, 0.15) is 5.75 Å². The maximum atomic E-state index is 12.4. The molecule has 1 N–H and O–H groups in total. The monoisotopic (exact) mass is 303 g/mol. The van der Waals surface area contributed by atoms with Crippen LogP contribution in [0.4, 0.5) is 5.69 Å². The van der Waals surface area contributed by atoms with Gasteiger partial charge < -0.3 is 10.1 Å². The molecule has 0 bridgehead atoms. The van der Waals surface area contributed by atoms with Crippen molar-refractivity contribution in [1.29, 1.82) is 0 Å². The van der Waals surface area contributed by atoms with Crippen LogP contribution in [0.5, 0.6) is 5.75 Å². The highest BCUT2D eigenvalue weighted by atomic mass is 35.5. The number of benzene rings is 2. The molecule has 0 spiro atoms. The van der Waals surface area contributed by atoms with Gasteiger partial charge in [-0.1, -0.05) is 29.3 Å². The second kappa shape index (κ2) is 6.19. The summed E-state index contributed by atoms with van der Waals surface area (Å²) < 4.78 is 5.10. The summed E-state index contributed by atoms with van der Waals surface area (Å²) in [6, 6.07) is 9.18. The molecule has 2 rings (SSSR count). The highest BCUT2D eigenvalue weighted by Gasteiger charge is 2.13. The van der Waals surface area contributed by atoms with Crippen molar-refractivity contribution in [3.63, 3.8) is 0 Å². The molecule has 1 amide bonds. The van der Waals surface area contributed by atoms with Crippen molar-refractivity contribution in [3.05, 3.63) is 57.6 Å². The zero-order valence-corrected chi connectivity index (χ0v) is 13.3. The number of aryl methyl sites for hydroxylation is 3. The first-order valence-electron chi connectivity index (χ1n) is 6.65. The summed E-state index contributed by atoms with van der Waals surface area (Å²) in [4.78, 5) is 12.4. The van der Waals surface area contributed by atoms with Crippen molar-refractivity contribution in [2.45, 2.75) is 20.8 Å². The van der Waals surface area contributed by atoms with Crippen LogP contribution in [0, 0.1) is 20.8 Å². The third-order valence-electron chi connectivity index (χ3n) is 3.31. The Hall–Kier alpha value is -2.00. The van der Waals surface area contributed by atoms with E-state index < -0.39 is 0 Å². The summed E-state index contributed by atoms with van der Waals surface area (Å²) in [7, 11) is 1.55. The zero-order valence-electron chi connectivity index (χ0n) is 12.6. The second-order valence-corrected chi connectivity index (χ2v) is 5.48. The summed E-state index contributed by atoms with van der Waals surface area (Å²) in [5.74, 6) is 0.448. The average Bonchev–Trinajstić information content (AvgIpc) is 2.37. The van der Waals surface area contributed by atoms with Gasteiger partial charge in [-0.3, -0.25) is 4.79 Å². The van der Waals surface area contributed by atoms with Crippen LogP contribution < -0.4 is 10.1 Å². The SMILES string of the molecule is COc1ccc(NC(=O)c2c(C)cc(C)cc2C)cc1Cl. The van der Waals surface area contributed by atoms with Crippen LogP contribution in [0.15, 0.2) is 30.3 Å². The number of hydrogen-bond acceptors (Lipinski definition) is 2. The number of nitrogens with one attached hydrogen (secondary N) is 1. The van der Waals surface area contributed by atoms with Gasteiger partial charge in [0.2, 0.25) is 0 Å². The number of carbonyl (C=O) groups excluding carboxylic acids is 1. The van der Waals surface area contributed by atoms with Gasteiger partial charge in [-0.15, -0.1) is 0 Å². The van der Waals surface area contributed by atoms with Gasteiger partial charge in [-0.2, -0.15) is 0 Å². The van der Waals surface area contributed by atoms with Gasteiger partial charge in [0, 0.05) is 11.3 Å². The van der Waals surface area contributed by atoms with Crippen molar-refractivity contribution < 1.29 is 9.53 Å². The minimum atomic E-state index is -0.133. The van der Waals surface area contributed by atoms with E-state index in [9.17, 15) is 4.79 Å². The number of carbonyl (C=O) groups is 1. The predicted molar refractivity (Wildman–Crippen MR) is 86.6 cm³/mol. The molecule has 2 aromatic carbocycles. The minimum Gasteiger partial charge on any atom is -0.495 e. The first kappa shape index (κ1) is 15.4. The molecule has 110 valence electrons. The largest absolute Gasteiger partial charge is 0.495 e. The summed E-state index contributed by atoms with van der Waals surface area (Å²) in [6.07, 6.45) is 0. The van der Waals surface area contributed by atoms with Crippen molar-refractivity contribution in [3.8, 4) is 5.75 Å². The molecule has 0 saturated heterocycles. The smallest absolute Gasteiger partial charge is 0.256 e. The Morgan fingerprint density at radius 3 is 2.24 bits per heavy atom. The van der Waals surface area contributed by atoms with E-state index in [0.29, 0.717) is 22.0 Å². The molecule has 0 fully saturated rings. The van der Waals surface area contributed by atoms with Crippen LogP contribution in [0.1, 0.15) is 27.0 Å². The zero-order chi connectivity index (χ0) is 15.6. The fourth-order valence-electron chi connectivity index (χ4n) is 2.48. The fourth-order valence-corrected chi connectivity index (χ4v) is 2.73. The van der Waals surface area contributed by atoms with E-state index in [1.807, 2.05) is 32.9 Å². The van der Waals surface area contributed by atoms with Gasteiger partial charge in [0.25, 0.3) is 5.91 Å². The highest BCUT2D eigenvalue weighted by Crippen LogP contribution is 2.28. The maximum Gasteiger partial charge on any atom is 0.256 e. The van der Waals surface area contributed by atoms with Crippen molar-refractivity contribution in [2.24, 2.45) is 0 Å². The molecule has 0 saturated carbocycles. The Bertz CT molecular complexity index is 672. The molecule has 21 heavy (non-hydrogen) atoms. The van der Waals surface area contributed by atoms with E-state index >= 15 is 0 Å². The number of rotatable bonds is 3. The molecule has 0 aliphatic carbocycles. The van der Waals surface area contributed by atoms with Gasteiger partial charge in [-0.25, -0.2) is 0 Å². The van der Waals surface area contributed by atoms with Gasteiger partial charge in [0.15, 0.2) is 0 Å². The number of hydrogen-bond donors (Lipinski definition) is 1. The number of ether oxygens (including phenoxy) is 1. The van der Waals surface area contributed by atoms with Crippen molar-refractivity contribution in [2.75, 3.05) is 12.4 Å². The lowest BCUT2D eigenvalue weighted by atomic mass is 9.99. The predicted octanol–water partition coefficient (Wildman–Crippen LogP) is 4.53. The van der Waals surface area contributed by atoms with Crippen LogP contribution in [0.3, 0.4) is 0 Å². The molecule has 0 aromatic heterocycles. The molecule has 0 aliphatic heterocycles. The van der Waals surface area contributed by atoms with E-state index in [-0.39, 0.29) is 5.91 Å². The first-order valence-corrected chi connectivity index (χ1v) is 7.03. The molecular formula is C17H18ClNO2. The number of halogens is 1. The molecule has 0 aliphatic rings. The maximum absolute atomic E-state index is 12.4. The quantitative estimate of drug-likeness (QED) is 0.905. The van der Waals surface area contributed by atoms with Crippen LogP contribution in [0.25, 0.3) is 0 Å². The normalized spacial score (nSPS) is 10.3. The summed E-state index contributed by atoms with van der Waals surface area (Å²) >= 11 is 6.07. The Balaban J connectivity index is 2.28. The molecule has 0 atom stereocenters. The van der Waals surface area contributed by atoms with Gasteiger partial charge >= 0.3 is 0 Å². The lowest BCUT2D eigenvalue weighted by molar-refractivity contribution is 0.102. The highest BCUT2D eigenvalue weighted by molar-refractivity contribution is 6.32. The van der Waals surface area contributed by atoms with E-state index in [1.54, 1.807) is 25.3 Å². The van der Waals surface area contributed by atoms with Crippen molar-refractivity contribution in [1.82, 2.24) is 0 Å². The third-order valence-corrected chi connectivity index (χ3v) is 3.61. The Kier molecular flexibility index (Phi) is 4.53. The van der Waals surface area contributed by atoms with E-state index in [1.165, 1.54) is 0 Å². The topological polar surface area (TPSA) is 38.3 Å². The summed E-state index contributed by atoms with van der Waals surface area (Å²) in [5.41, 5.74) is 4.42. The summed E-state index contributed by atoms with van der Waals surface area (Å²) in [5, 5.41) is 3.34. The number of methoxy groups -OCH3 is 1. The standard InChI is InChI=1S/C17H18ClNO2/c1-10-7-11(2)16(12(3)8-10)17(20)19-13-5-6-15(21-4)14(18)9-13/h5-9H,1-4H3,(H,19,20). The molecule has 3 nitrogen and oxygen atoms in total. The number of amides is 1. The lowest BCUT2D eigenvalue weighted by Gasteiger charge is -2.12. The molecule has 0 radical (unpaired) electrons. The molecular weight excluding hydrogens is 286 g/mol. The van der Waals surface area contributed by atoms with E-state index in [2.05, 4.69) is 5.32 Å². The van der Waals surface area contributed by atoms with E-state index in [0.717, 1.165) is 16.7 Å². The third kappa shape index (κ3) is 3.37. The van der Waals surface area contributed by atoms with Gasteiger partial charge in [0.05, 0.1) is 12.1 Å². The molecule has 0 unspecified atom stereocenters. The fraction of sp³-hybridized carbons (Fsp3) is 0.235. The Morgan fingerprint density at radius 2 is 1.71 bits per heavy atom. The van der Waals surface area contributed by atoms with Crippen LogP contribution in [0.2, 0.25) is 5.02 Å². The molecule has 2 aromatic rings. The number of anilines is 1. The Morgan fingerprint density at radius 1 is 1.10 bits per heavy atom. The molecule has 4 heteroatoms. The minimum absolute atomic E-state index is 0.133. The van der Waals surface area contributed by atoms with Gasteiger partial charge in [-0.05, 0) is 50.1 Å². The summed E-state index contributed by atoms with van der Waals surface area (Å²) in [6.45, 7) is 5.90. The van der Waals surface area contributed by atoms with Crippen LogP contribution in [-0.4, -0.2) is 13.0 Å². The lowest BCUT2D eigenvalue weighted by Crippen LogP contribution is -2.15.